The van der Waals surface area contributed by atoms with Gasteiger partial charge in [0, 0.05) is 18.2 Å². The molecule has 0 spiro atoms. The number of carboxylic acids is 1. The summed E-state index contributed by atoms with van der Waals surface area (Å²) in [6.45, 7) is 2.38. The van der Waals surface area contributed by atoms with Crippen molar-refractivity contribution >= 4 is 11.7 Å². The van der Waals surface area contributed by atoms with Crippen molar-refractivity contribution in [2.24, 2.45) is 0 Å². The maximum absolute atomic E-state index is 11.2. The summed E-state index contributed by atoms with van der Waals surface area (Å²) in [5.41, 5.74) is -0.0766. The fraction of sp³-hybridized carbons (Fsp3) is 0.417. The molecule has 0 radical (unpaired) electrons. The van der Waals surface area contributed by atoms with Crippen molar-refractivity contribution in [1.29, 1.82) is 0 Å². The first-order valence-electron chi connectivity index (χ1n) is 5.67. The van der Waals surface area contributed by atoms with E-state index in [1.807, 2.05) is 6.92 Å². The van der Waals surface area contributed by atoms with Crippen molar-refractivity contribution in [3.05, 3.63) is 39.4 Å². The van der Waals surface area contributed by atoms with Gasteiger partial charge in [0.2, 0.25) is 0 Å². The van der Waals surface area contributed by atoms with Crippen LogP contribution in [0.1, 0.15) is 35.7 Å². The van der Waals surface area contributed by atoms with Gasteiger partial charge in [0.25, 0.3) is 5.69 Å². The Bertz CT molecular complexity index is 509. The predicted octanol–water partition coefficient (Wildman–Crippen LogP) is 1.94. The molecule has 0 heterocycles. The van der Waals surface area contributed by atoms with Crippen LogP contribution in [0.5, 0.6) is 0 Å². The number of carboxylic acid groups (broad SMARTS) is 1. The van der Waals surface area contributed by atoms with Gasteiger partial charge in [0.15, 0.2) is 0 Å². The van der Waals surface area contributed by atoms with E-state index in [2.05, 4.69) is 5.32 Å². The quantitative estimate of drug-likeness (QED) is 0.615. The highest BCUT2D eigenvalue weighted by molar-refractivity contribution is 5.94. The van der Waals surface area contributed by atoms with Crippen LogP contribution >= 0.6 is 0 Å². The van der Waals surface area contributed by atoms with Crippen molar-refractivity contribution in [2.45, 2.75) is 31.8 Å². The van der Waals surface area contributed by atoms with Gasteiger partial charge < -0.3 is 10.4 Å². The zero-order valence-corrected chi connectivity index (χ0v) is 9.97. The second-order valence-electron chi connectivity index (χ2n) is 4.79. The Hall–Kier alpha value is -1.95. The molecule has 96 valence electrons. The minimum absolute atomic E-state index is 0.0559. The van der Waals surface area contributed by atoms with Gasteiger partial charge in [0.05, 0.1) is 4.92 Å². The molecule has 1 fully saturated rings. The smallest absolute Gasteiger partial charge is 0.343 e. The first-order valence-corrected chi connectivity index (χ1v) is 5.67. The van der Waals surface area contributed by atoms with Gasteiger partial charge in [-0.1, -0.05) is 12.1 Å². The molecule has 0 aliphatic heterocycles. The van der Waals surface area contributed by atoms with E-state index >= 15 is 0 Å². The molecule has 0 amide bonds. The fourth-order valence-electron chi connectivity index (χ4n) is 1.81. The molecular weight excluding hydrogens is 236 g/mol. The van der Waals surface area contributed by atoms with E-state index < -0.39 is 10.9 Å². The van der Waals surface area contributed by atoms with Crippen LogP contribution < -0.4 is 5.32 Å². The molecule has 2 N–H and O–H groups in total. The first-order chi connectivity index (χ1) is 8.43. The number of benzene rings is 1. The van der Waals surface area contributed by atoms with Gasteiger partial charge in [-0.05, 0) is 25.3 Å². The van der Waals surface area contributed by atoms with E-state index in [9.17, 15) is 14.9 Å². The Morgan fingerprint density at radius 2 is 2.22 bits per heavy atom. The molecule has 6 nitrogen and oxygen atoms in total. The number of hydrogen-bond donors (Lipinski definition) is 2. The Labute approximate surface area is 104 Å². The second-order valence-corrected chi connectivity index (χ2v) is 4.79. The van der Waals surface area contributed by atoms with E-state index in [0.29, 0.717) is 12.1 Å². The lowest BCUT2D eigenvalue weighted by Gasteiger charge is -2.12. The van der Waals surface area contributed by atoms with Gasteiger partial charge in [-0.15, -0.1) is 0 Å². The van der Waals surface area contributed by atoms with Crippen LogP contribution in [0, 0.1) is 10.1 Å². The highest BCUT2D eigenvalue weighted by atomic mass is 16.6. The monoisotopic (exact) mass is 250 g/mol. The van der Waals surface area contributed by atoms with Crippen LogP contribution in [0.25, 0.3) is 0 Å². The average Bonchev–Trinajstić information content (AvgIpc) is 3.04. The molecule has 0 unspecified atom stereocenters. The summed E-state index contributed by atoms with van der Waals surface area (Å²) in [7, 11) is 0. The minimum atomic E-state index is -1.26. The van der Waals surface area contributed by atoms with Gasteiger partial charge in [0.1, 0.15) is 5.56 Å². The standard InChI is InChI=1S/C12H14N2O4/c1-12(5-6-12)13-7-8-3-2-4-9(14(17)18)10(8)11(15)16/h2-4,13H,5-7H2,1H3,(H,15,16). The highest BCUT2D eigenvalue weighted by Gasteiger charge is 2.37. The van der Waals surface area contributed by atoms with Crippen LogP contribution in [0.15, 0.2) is 18.2 Å². The Morgan fingerprint density at radius 3 is 2.72 bits per heavy atom. The number of hydrogen-bond acceptors (Lipinski definition) is 4. The molecule has 1 aromatic carbocycles. The lowest BCUT2D eigenvalue weighted by Crippen LogP contribution is -2.28. The van der Waals surface area contributed by atoms with E-state index in [1.54, 1.807) is 6.07 Å². The minimum Gasteiger partial charge on any atom is -0.477 e. The van der Waals surface area contributed by atoms with E-state index in [4.69, 9.17) is 5.11 Å². The van der Waals surface area contributed by atoms with Crippen LogP contribution in [0.2, 0.25) is 0 Å². The topological polar surface area (TPSA) is 92.5 Å². The van der Waals surface area contributed by atoms with Crippen molar-refractivity contribution in [3.8, 4) is 0 Å². The largest absolute Gasteiger partial charge is 0.477 e. The van der Waals surface area contributed by atoms with Crippen molar-refractivity contribution in [3.63, 3.8) is 0 Å². The zero-order chi connectivity index (χ0) is 13.3. The normalized spacial score (nSPS) is 16.3. The maximum Gasteiger partial charge on any atom is 0.343 e. The summed E-state index contributed by atoms with van der Waals surface area (Å²) < 4.78 is 0. The van der Waals surface area contributed by atoms with Crippen molar-refractivity contribution < 1.29 is 14.8 Å². The lowest BCUT2D eigenvalue weighted by molar-refractivity contribution is -0.385. The zero-order valence-electron chi connectivity index (χ0n) is 9.97. The van der Waals surface area contributed by atoms with Gasteiger partial charge in [-0.2, -0.15) is 0 Å². The van der Waals surface area contributed by atoms with Crippen LogP contribution in [0.3, 0.4) is 0 Å². The lowest BCUT2D eigenvalue weighted by atomic mass is 10.0. The third-order valence-corrected chi connectivity index (χ3v) is 3.24. The third-order valence-electron chi connectivity index (χ3n) is 3.24. The molecule has 1 saturated carbocycles. The Kier molecular flexibility index (Phi) is 3.04. The molecule has 0 bridgehead atoms. The maximum atomic E-state index is 11.2. The molecule has 1 aliphatic rings. The molecule has 0 atom stereocenters. The summed E-state index contributed by atoms with van der Waals surface area (Å²) in [5, 5.41) is 23.1. The number of nitro groups is 1. The second kappa shape index (κ2) is 4.38. The predicted molar refractivity (Wildman–Crippen MR) is 64.5 cm³/mol. The number of rotatable bonds is 5. The molecule has 2 rings (SSSR count). The first kappa shape index (κ1) is 12.5. The third kappa shape index (κ3) is 2.48. The van der Waals surface area contributed by atoms with E-state index in [-0.39, 0.29) is 16.8 Å². The molecule has 1 aliphatic carbocycles. The Balaban J connectivity index is 2.30. The molecule has 6 heteroatoms. The molecule has 1 aromatic rings. The van der Waals surface area contributed by atoms with Gasteiger partial charge in [-0.25, -0.2) is 4.79 Å². The van der Waals surface area contributed by atoms with Gasteiger partial charge in [-0.3, -0.25) is 10.1 Å². The van der Waals surface area contributed by atoms with Crippen molar-refractivity contribution in [2.75, 3.05) is 0 Å². The summed E-state index contributed by atoms with van der Waals surface area (Å²) in [5.74, 6) is -1.26. The number of aromatic carboxylic acids is 1. The molecule has 0 aromatic heterocycles. The molecular formula is C12H14N2O4. The highest BCUT2D eigenvalue weighted by Crippen LogP contribution is 2.35. The van der Waals surface area contributed by atoms with Crippen LogP contribution in [-0.4, -0.2) is 21.5 Å². The van der Waals surface area contributed by atoms with E-state index in [1.165, 1.54) is 12.1 Å². The number of nitrogens with zero attached hydrogens (tertiary/aromatic N) is 1. The van der Waals surface area contributed by atoms with Gasteiger partial charge >= 0.3 is 5.97 Å². The van der Waals surface area contributed by atoms with Crippen LogP contribution in [0.4, 0.5) is 5.69 Å². The summed E-state index contributed by atoms with van der Waals surface area (Å²) >= 11 is 0. The average molecular weight is 250 g/mol. The summed E-state index contributed by atoms with van der Waals surface area (Å²) in [6, 6.07) is 4.33. The number of carbonyl (C=O) groups is 1. The molecule has 18 heavy (non-hydrogen) atoms. The fourth-order valence-corrected chi connectivity index (χ4v) is 1.81. The summed E-state index contributed by atoms with van der Waals surface area (Å²) in [4.78, 5) is 21.3. The number of nitro benzene ring substituents is 1. The SMILES string of the molecule is CC1(NCc2cccc([N+](=O)[O-])c2C(=O)O)CC1. The number of nitrogens with one attached hydrogen (secondary N) is 1. The summed E-state index contributed by atoms with van der Waals surface area (Å²) in [6.07, 6.45) is 2.09. The molecule has 0 saturated heterocycles. The van der Waals surface area contributed by atoms with E-state index in [0.717, 1.165) is 12.8 Å². The van der Waals surface area contributed by atoms with Crippen molar-refractivity contribution in [1.82, 2.24) is 5.32 Å². The Morgan fingerprint density at radius 1 is 1.56 bits per heavy atom. The van der Waals surface area contributed by atoms with Crippen LogP contribution in [-0.2, 0) is 6.54 Å².